The monoisotopic (exact) mass is 270 g/mol. The molecule has 0 aromatic rings. The van der Waals surface area contributed by atoms with Crippen molar-refractivity contribution in [3.8, 4) is 0 Å². The molecule has 106 valence electrons. The Morgan fingerprint density at radius 1 is 1.11 bits per heavy atom. The maximum absolute atomic E-state index is 12.3. The molecule has 2 fully saturated rings. The van der Waals surface area contributed by atoms with Gasteiger partial charge in [-0.15, -0.1) is 0 Å². The maximum atomic E-state index is 12.3. The van der Waals surface area contributed by atoms with Gasteiger partial charge in [-0.3, -0.25) is 14.4 Å². The number of aliphatic hydroxyl groups is 1. The molecule has 1 saturated heterocycles. The zero-order valence-corrected chi connectivity index (χ0v) is 10.5. The first kappa shape index (κ1) is 13.8. The fourth-order valence-electron chi connectivity index (χ4n) is 2.99. The van der Waals surface area contributed by atoms with E-state index in [0.717, 1.165) is 0 Å². The summed E-state index contributed by atoms with van der Waals surface area (Å²) >= 11 is 0. The Labute approximate surface area is 110 Å². The number of amides is 2. The molecule has 7 heteroatoms. The van der Waals surface area contributed by atoms with Crippen molar-refractivity contribution >= 4 is 17.8 Å². The van der Waals surface area contributed by atoms with Crippen LogP contribution in [0.15, 0.2) is 0 Å². The minimum atomic E-state index is -0.886. The second-order valence-corrected chi connectivity index (χ2v) is 5.34. The lowest BCUT2D eigenvalue weighted by molar-refractivity contribution is -0.143. The van der Waals surface area contributed by atoms with E-state index >= 15 is 0 Å². The van der Waals surface area contributed by atoms with E-state index in [1.165, 1.54) is 4.90 Å². The number of aliphatic carboxylic acids is 1. The smallest absolute Gasteiger partial charge is 0.306 e. The number of nitrogens with zero attached hydrogens (tertiary/aromatic N) is 1. The zero-order valence-electron chi connectivity index (χ0n) is 10.5. The van der Waals surface area contributed by atoms with Crippen LogP contribution in [0.4, 0.5) is 0 Å². The first-order valence-electron chi connectivity index (χ1n) is 6.40. The first-order chi connectivity index (χ1) is 8.90. The summed E-state index contributed by atoms with van der Waals surface area (Å²) in [4.78, 5) is 35.7. The number of rotatable bonds is 3. The van der Waals surface area contributed by atoms with Crippen LogP contribution in [-0.4, -0.2) is 51.6 Å². The lowest BCUT2D eigenvalue weighted by Gasteiger charge is -2.25. The standard InChI is InChI=1S/C12H18N2O5/c13-10(16)9-4-8(15)5-14(9)11(17)6-1-2-7(3-6)12(18)19/h6-9,15H,1-5H2,(H2,13,16)(H,18,19)/t6-,7+,8?,9?/m1/s1. The fraction of sp³-hybridized carbons (Fsp3) is 0.750. The van der Waals surface area contributed by atoms with Crippen LogP contribution in [0.25, 0.3) is 0 Å². The lowest BCUT2D eigenvalue weighted by atomic mass is 10.0. The number of primary amides is 1. The molecule has 2 amide bonds. The minimum Gasteiger partial charge on any atom is -0.481 e. The SMILES string of the molecule is NC(=O)C1CC(O)CN1C(=O)[C@@H]1CC[C@H](C(=O)O)C1. The van der Waals surface area contributed by atoms with E-state index in [-0.39, 0.29) is 24.8 Å². The summed E-state index contributed by atoms with van der Waals surface area (Å²) in [6, 6.07) is -0.772. The molecule has 1 heterocycles. The van der Waals surface area contributed by atoms with Gasteiger partial charge in [-0.25, -0.2) is 0 Å². The van der Waals surface area contributed by atoms with Crippen LogP contribution in [0.1, 0.15) is 25.7 Å². The van der Waals surface area contributed by atoms with Crippen molar-refractivity contribution in [2.75, 3.05) is 6.54 Å². The maximum Gasteiger partial charge on any atom is 0.306 e. The van der Waals surface area contributed by atoms with Crippen LogP contribution >= 0.6 is 0 Å². The Morgan fingerprint density at radius 2 is 1.74 bits per heavy atom. The average molecular weight is 270 g/mol. The summed E-state index contributed by atoms with van der Waals surface area (Å²) < 4.78 is 0. The van der Waals surface area contributed by atoms with Crippen molar-refractivity contribution in [1.29, 1.82) is 0 Å². The van der Waals surface area contributed by atoms with Gasteiger partial charge < -0.3 is 20.8 Å². The second kappa shape index (κ2) is 5.16. The van der Waals surface area contributed by atoms with E-state index < -0.39 is 29.9 Å². The van der Waals surface area contributed by atoms with Gasteiger partial charge in [0.25, 0.3) is 0 Å². The van der Waals surface area contributed by atoms with Crippen LogP contribution in [0, 0.1) is 11.8 Å². The van der Waals surface area contributed by atoms with Crippen molar-refractivity contribution in [2.24, 2.45) is 17.6 Å². The zero-order chi connectivity index (χ0) is 14.2. The summed E-state index contributed by atoms with van der Waals surface area (Å²) in [5, 5.41) is 18.5. The summed E-state index contributed by atoms with van der Waals surface area (Å²) in [7, 11) is 0. The van der Waals surface area contributed by atoms with Crippen LogP contribution in [0.5, 0.6) is 0 Å². The van der Waals surface area contributed by atoms with Crippen molar-refractivity contribution in [3.63, 3.8) is 0 Å². The van der Waals surface area contributed by atoms with E-state index in [1.807, 2.05) is 0 Å². The molecular formula is C12H18N2O5. The Morgan fingerprint density at radius 3 is 2.26 bits per heavy atom. The molecule has 4 atom stereocenters. The largest absolute Gasteiger partial charge is 0.481 e. The Balaban J connectivity index is 2.03. The third-order valence-electron chi connectivity index (χ3n) is 4.02. The van der Waals surface area contributed by atoms with Crippen LogP contribution in [0.2, 0.25) is 0 Å². The molecule has 19 heavy (non-hydrogen) atoms. The molecule has 2 aliphatic rings. The normalized spacial score (nSPS) is 34.5. The molecular weight excluding hydrogens is 252 g/mol. The number of carboxylic acid groups (broad SMARTS) is 1. The highest BCUT2D eigenvalue weighted by Gasteiger charge is 2.42. The van der Waals surface area contributed by atoms with E-state index in [9.17, 15) is 19.5 Å². The predicted octanol–water partition coefficient (Wildman–Crippen LogP) is -1.07. The van der Waals surface area contributed by atoms with E-state index in [0.29, 0.717) is 19.3 Å². The van der Waals surface area contributed by atoms with Crippen molar-refractivity contribution in [1.82, 2.24) is 4.90 Å². The van der Waals surface area contributed by atoms with Gasteiger partial charge in [-0.05, 0) is 19.3 Å². The number of carbonyl (C=O) groups excluding carboxylic acids is 2. The Bertz CT molecular complexity index is 411. The van der Waals surface area contributed by atoms with Gasteiger partial charge in [0.15, 0.2) is 0 Å². The minimum absolute atomic E-state index is 0.0979. The third-order valence-corrected chi connectivity index (χ3v) is 4.02. The molecule has 0 bridgehead atoms. The highest BCUT2D eigenvalue weighted by molar-refractivity contribution is 5.89. The fourth-order valence-corrected chi connectivity index (χ4v) is 2.99. The van der Waals surface area contributed by atoms with Gasteiger partial charge >= 0.3 is 5.97 Å². The summed E-state index contributed by atoms with van der Waals surface area (Å²) in [6.45, 7) is 0.0979. The van der Waals surface area contributed by atoms with Crippen LogP contribution < -0.4 is 5.73 Å². The molecule has 1 aliphatic carbocycles. The topological polar surface area (TPSA) is 121 Å². The highest BCUT2D eigenvalue weighted by Crippen LogP contribution is 2.34. The third kappa shape index (κ3) is 2.70. The van der Waals surface area contributed by atoms with Crippen molar-refractivity contribution < 1.29 is 24.6 Å². The molecule has 4 N–H and O–H groups in total. The average Bonchev–Trinajstić information content (AvgIpc) is 2.94. The molecule has 7 nitrogen and oxygen atoms in total. The number of nitrogens with two attached hydrogens (primary N) is 1. The number of aliphatic hydroxyl groups excluding tert-OH is 1. The second-order valence-electron chi connectivity index (χ2n) is 5.34. The number of β-amino-alcohol motifs (C(OH)–C–C–N with tert-alkyl or cyclic N) is 1. The van der Waals surface area contributed by atoms with Gasteiger partial charge in [0.05, 0.1) is 12.0 Å². The summed E-state index contributed by atoms with van der Waals surface area (Å²) in [5.41, 5.74) is 5.22. The van der Waals surface area contributed by atoms with E-state index in [1.54, 1.807) is 0 Å². The number of carbonyl (C=O) groups is 3. The number of hydrogen-bond donors (Lipinski definition) is 3. The Hall–Kier alpha value is -1.63. The van der Waals surface area contributed by atoms with Gasteiger partial charge in [-0.1, -0.05) is 0 Å². The van der Waals surface area contributed by atoms with Gasteiger partial charge in [0.2, 0.25) is 11.8 Å². The number of likely N-dealkylation sites (tertiary alicyclic amines) is 1. The highest BCUT2D eigenvalue weighted by atomic mass is 16.4. The van der Waals surface area contributed by atoms with Gasteiger partial charge in [0, 0.05) is 18.9 Å². The molecule has 0 aromatic carbocycles. The summed E-state index contributed by atoms with van der Waals surface area (Å²) in [5.74, 6) is -2.65. The van der Waals surface area contributed by atoms with Crippen LogP contribution in [-0.2, 0) is 14.4 Å². The molecule has 2 unspecified atom stereocenters. The predicted molar refractivity (Wildman–Crippen MR) is 63.8 cm³/mol. The summed E-state index contributed by atoms with van der Waals surface area (Å²) in [6.07, 6.45) is 0.706. The lowest BCUT2D eigenvalue weighted by Crippen LogP contribution is -2.45. The Kier molecular flexibility index (Phi) is 3.75. The van der Waals surface area contributed by atoms with E-state index in [4.69, 9.17) is 10.8 Å². The number of hydrogen-bond acceptors (Lipinski definition) is 4. The van der Waals surface area contributed by atoms with E-state index in [2.05, 4.69) is 0 Å². The molecule has 0 spiro atoms. The molecule has 0 aromatic heterocycles. The molecule has 0 radical (unpaired) electrons. The van der Waals surface area contributed by atoms with Crippen molar-refractivity contribution in [2.45, 2.75) is 37.8 Å². The van der Waals surface area contributed by atoms with Gasteiger partial charge in [-0.2, -0.15) is 0 Å². The molecule has 1 saturated carbocycles. The van der Waals surface area contributed by atoms with Crippen molar-refractivity contribution in [3.05, 3.63) is 0 Å². The first-order valence-corrected chi connectivity index (χ1v) is 6.40. The number of carboxylic acids is 1. The molecule has 2 rings (SSSR count). The van der Waals surface area contributed by atoms with Gasteiger partial charge in [0.1, 0.15) is 6.04 Å². The molecule has 1 aliphatic heterocycles. The van der Waals surface area contributed by atoms with Crippen LogP contribution in [0.3, 0.4) is 0 Å². The quantitative estimate of drug-likeness (QED) is 0.603.